The second-order valence-corrected chi connectivity index (χ2v) is 8.42. The van der Waals surface area contributed by atoms with Gasteiger partial charge in [-0.25, -0.2) is 4.39 Å². The van der Waals surface area contributed by atoms with E-state index in [0.717, 1.165) is 5.56 Å². The SMILES string of the molecule is O=C(CCCc1nc(-c2ccc(Cl)cc2)no1)NC1CCN(C(=O)c2ccccc2F)CC1. The lowest BCUT2D eigenvalue weighted by Crippen LogP contribution is -2.46. The number of piperidine rings is 1. The molecule has 2 heterocycles. The predicted octanol–water partition coefficient (Wildman–Crippen LogP) is 4.27. The molecule has 0 aliphatic carbocycles. The van der Waals surface area contributed by atoms with Crippen LogP contribution in [0.5, 0.6) is 0 Å². The fourth-order valence-electron chi connectivity index (χ4n) is 3.80. The molecule has 0 saturated carbocycles. The van der Waals surface area contributed by atoms with Gasteiger partial charge in [-0.2, -0.15) is 4.98 Å². The van der Waals surface area contributed by atoms with Crippen molar-refractivity contribution < 1.29 is 18.5 Å². The number of aryl methyl sites for hydroxylation is 1. The summed E-state index contributed by atoms with van der Waals surface area (Å²) in [4.78, 5) is 30.8. The molecule has 3 aromatic rings. The number of benzene rings is 2. The minimum absolute atomic E-state index is 0.00193. The number of hydrogen-bond acceptors (Lipinski definition) is 5. The zero-order valence-corrected chi connectivity index (χ0v) is 18.7. The van der Waals surface area contributed by atoms with Crippen LogP contribution < -0.4 is 5.32 Å². The van der Waals surface area contributed by atoms with Crippen molar-refractivity contribution in [2.45, 2.75) is 38.1 Å². The Morgan fingerprint density at radius 3 is 2.58 bits per heavy atom. The number of nitrogens with zero attached hydrogens (tertiary/aromatic N) is 3. The molecule has 33 heavy (non-hydrogen) atoms. The summed E-state index contributed by atoms with van der Waals surface area (Å²) in [5.74, 6) is 0.0942. The molecule has 172 valence electrons. The van der Waals surface area contributed by atoms with E-state index in [2.05, 4.69) is 15.5 Å². The molecule has 1 saturated heterocycles. The van der Waals surface area contributed by atoms with E-state index in [0.29, 0.717) is 61.9 Å². The average molecular weight is 471 g/mol. The van der Waals surface area contributed by atoms with Crippen molar-refractivity contribution in [3.63, 3.8) is 0 Å². The Kier molecular flexibility index (Phi) is 7.34. The number of likely N-dealkylation sites (tertiary alicyclic amines) is 1. The summed E-state index contributed by atoms with van der Waals surface area (Å²) in [6.45, 7) is 0.959. The van der Waals surface area contributed by atoms with Gasteiger partial charge in [0.15, 0.2) is 0 Å². The number of hydrogen-bond donors (Lipinski definition) is 1. The average Bonchev–Trinajstić information content (AvgIpc) is 3.29. The molecular weight excluding hydrogens is 447 g/mol. The molecule has 0 radical (unpaired) electrons. The normalized spacial score (nSPS) is 14.3. The van der Waals surface area contributed by atoms with E-state index in [1.54, 1.807) is 29.2 Å². The first-order valence-corrected chi connectivity index (χ1v) is 11.3. The number of carbonyl (C=O) groups excluding carboxylic acids is 2. The van der Waals surface area contributed by atoms with E-state index in [4.69, 9.17) is 16.1 Å². The second-order valence-electron chi connectivity index (χ2n) is 7.99. The number of rotatable bonds is 7. The standard InChI is InChI=1S/C24H24ClFN4O3/c25-17-10-8-16(9-11-17)23-28-22(33-29-23)7-3-6-21(31)27-18-12-14-30(15-13-18)24(32)19-4-1-2-5-20(19)26/h1-2,4-5,8-11,18H,3,6-7,12-15H2,(H,27,31). The molecule has 0 unspecified atom stereocenters. The predicted molar refractivity (Wildman–Crippen MR) is 121 cm³/mol. The van der Waals surface area contributed by atoms with E-state index in [1.165, 1.54) is 12.1 Å². The summed E-state index contributed by atoms with van der Waals surface area (Å²) in [7, 11) is 0. The fourth-order valence-corrected chi connectivity index (χ4v) is 3.93. The monoisotopic (exact) mass is 470 g/mol. The van der Waals surface area contributed by atoms with Crippen molar-refractivity contribution in [3.05, 3.63) is 70.8 Å². The largest absolute Gasteiger partial charge is 0.353 e. The zero-order valence-electron chi connectivity index (χ0n) is 18.0. The first kappa shape index (κ1) is 22.9. The fraction of sp³-hybridized carbons (Fsp3) is 0.333. The Hall–Kier alpha value is -3.26. The van der Waals surface area contributed by atoms with Gasteiger partial charge in [0, 0.05) is 42.6 Å². The van der Waals surface area contributed by atoms with Gasteiger partial charge in [0.05, 0.1) is 5.56 Å². The van der Waals surface area contributed by atoms with E-state index in [-0.39, 0.29) is 23.4 Å². The van der Waals surface area contributed by atoms with Crippen molar-refractivity contribution in [2.24, 2.45) is 0 Å². The lowest BCUT2D eigenvalue weighted by molar-refractivity contribution is -0.122. The minimum Gasteiger partial charge on any atom is -0.353 e. The highest BCUT2D eigenvalue weighted by Crippen LogP contribution is 2.19. The Labute approximate surface area is 195 Å². The number of nitrogens with one attached hydrogen (secondary N) is 1. The van der Waals surface area contributed by atoms with Crippen LogP contribution in [0.4, 0.5) is 4.39 Å². The van der Waals surface area contributed by atoms with Crippen LogP contribution in [0.25, 0.3) is 11.4 Å². The summed E-state index contributed by atoms with van der Waals surface area (Å²) in [6, 6.07) is 13.2. The molecular formula is C24H24ClFN4O3. The van der Waals surface area contributed by atoms with Crippen LogP contribution in [0.2, 0.25) is 5.02 Å². The molecule has 1 N–H and O–H groups in total. The van der Waals surface area contributed by atoms with Crippen molar-refractivity contribution in [1.29, 1.82) is 0 Å². The zero-order chi connectivity index (χ0) is 23.2. The smallest absolute Gasteiger partial charge is 0.256 e. The highest BCUT2D eigenvalue weighted by Gasteiger charge is 2.25. The number of aromatic nitrogens is 2. The Morgan fingerprint density at radius 1 is 1.12 bits per heavy atom. The van der Waals surface area contributed by atoms with Crippen LogP contribution in [0, 0.1) is 5.82 Å². The highest BCUT2D eigenvalue weighted by molar-refractivity contribution is 6.30. The van der Waals surface area contributed by atoms with Crippen LogP contribution in [0.3, 0.4) is 0 Å². The van der Waals surface area contributed by atoms with Crippen molar-refractivity contribution in [2.75, 3.05) is 13.1 Å². The van der Waals surface area contributed by atoms with Gasteiger partial charge in [-0.15, -0.1) is 0 Å². The van der Waals surface area contributed by atoms with Gasteiger partial charge < -0.3 is 14.7 Å². The van der Waals surface area contributed by atoms with Crippen LogP contribution in [-0.4, -0.2) is 46.0 Å². The van der Waals surface area contributed by atoms with E-state index in [9.17, 15) is 14.0 Å². The molecule has 1 aliphatic rings. The van der Waals surface area contributed by atoms with Crippen LogP contribution in [0.1, 0.15) is 41.9 Å². The Bertz CT molecular complexity index is 1110. The van der Waals surface area contributed by atoms with Crippen molar-refractivity contribution >= 4 is 23.4 Å². The summed E-state index contributed by atoms with van der Waals surface area (Å²) < 4.78 is 19.1. The maximum absolute atomic E-state index is 13.9. The molecule has 7 nitrogen and oxygen atoms in total. The third-order valence-corrected chi connectivity index (χ3v) is 5.87. The molecule has 2 aromatic carbocycles. The van der Waals surface area contributed by atoms with Gasteiger partial charge in [-0.1, -0.05) is 28.9 Å². The third-order valence-electron chi connectivity index (χ3n) is 5.62. The third kappa shape index (κ3) is 5.96. The van der Waals surface area contributed by atoms with Gasteiger partial charge >= 0.3 is 0 Å². The number of halogens is 2. The van der Waals surface area contributed by atoms with Crippen LogP contribution >= 0.6 is 11.6 Å². The summed E-state index contributed by atoms with van der Waals surface area (Å²) in [6.07, 6.45) is 2.70. The van der Waals surface area contributed by atoms with Crippen molar-refractivity contribution in [1.82, 2.24) is 20.4 Å². The molecule has 1 aliphatic heterocycles. The topological polar surface area (TPSA) is 88.3 Å². The summed E-state index contributed by atoms with van der Waals surface area (Å²) in [5.41, 5.74) is 0.896. The van der Waals surface area contributed by atoms with E-state index in [1.807, 2.05) is 12.1 Å². The van der Waals surface area contributed by atoms with Gasteiger partial charge in [0.2, 0.25) is 17.6 Å². The van der Waals surface area contributed by atoms with Gasteiger partial charge in [0.25, 0.3) is 5.91 Å². The maximum atomic E-state index is 13.9. The highest BCUT2D eigenvalue weighted by atomic mass is 35.5. The quantitative estimate of drug-likeness (QED) is 0.557. The van der Waals surface area contributed by atoms with E-state index < -0.39 is 5.82 Å². The lowest BCUT2D eigenvalue weighted by Gasteiger charge is -2.32. The van der Waals surface area contributed by atoms with Gasteiger partial charge in [-0.05, 0) is 55.7 Å². The lowest BCUT2D eigenvalue weighted by atomic mass is 10.0. The number of amides is 2. The first-order chi connectivity index (χ1) is 16.0. The van der Waals surface area contributed by atoms with Gasteiger partial charge in [0.1, 0.15) is 5.82 Å². The van der Waals surface area contributed by atoms with Gasteiger partial charge in [-0.3, -0.25) is 9.59 Å². The summed E-state index contributed by atoms with van der Waals surface area (Å²) >= 11 is 5.89. The number of carbonyl (C=O) groups is 2. The molecule has 4 rings (SSSR count). The molecule has 1 fully saturated rings. The Morgan fingerprint density at radius 2 is 1.85 bits per heavy atom. The molecule has 0 bridgehead atoms. The first-order valence-electron chi connectivity index (χ1n) is 10.9. The van der Waals surface area contributed by atoms with Crippen molar-refractivity contribution in [3.8, 4) is 11.4 Å². The van der Waals surface area contributed by atoms with Crippen LogP contribution in [-0.2, 0) is 11.2 Å². The molecule has 0 spiro atoms. The van der Waals surface area contributed by atoms with E-state index >= 15 is 0 Å². The minimum atomic E-state index is -0.514. The maximum Gasteiger partial charge on any atom is 0.256 e. The summed E-state index contributed by atoms with van der Waals surface area (Å²) in [5, 5.41) is 7.63. The molecule has 0 atom stereocenters. The van der Waals surface area contributed by atoms with Crippen LogP contribution in [0.15, 0.2) is 53.1 Å². The molecule has 9 heteroatoms. The Balaban J connectivity index is 1.18. The second kappa shape index (κ2) is 10.6. The molecule has 1 aromatic heterocycles. The molecule has 2 amide bonds.